The van der Waals surface area contributed by atoms with Crippen LogP contribution in [-0.2, 0) is 9.53 Å². The van der Waals surface area contributed by atoms with Crippen molar-refractivity contribution in [3.63, 3.8) is 0 Å². The summed E-state index contributed by atoms with van der Waals surface area (Å²) in [5.41, 5.74) is 0.456. The van der Waals surface area contributed by atoms with E-state index in [1.165, 1.54) is 0 Å². The van der Waals surface area contributed by atoms with Crippen LogP contribution in [0.25, 0.3) is 6.08 Å². The van der Waals surface area contributed by atoms with Gasteiger partial charge in [0.2, 0.25) is 0 Å². The van der Waals surface area contributed by atoms with E-state index in [2.05, 4.69) is 0 Å². The minimum atomic E-state index is -0.501. The Kier molecular flexibility index (Phi) is 5.57. The summed E-state index contributed by atoms with van der Waals surface area (Å²) >= 11 is 0. The number of aliphatic hydroxyl groups is 1. The van der Waals surface area contributed by atoms with Crippen LogP contribution >= 0.6 is 0 Å². The average molecular weight is 264 g/mol. The van der Waals surface area contributed by atoms with E-state index in [4.69, 9.17) is 14.6 Å². The first-order valence-corrected chi connectivity index (χ1v) is 6.13. The predicted octanol–water partition coefficient (Wildman–Crippen LogP) is 2.41. The zero-order valence-corrected chi connectivity index (χ0v) is 11.6. The molecule has 0 saturated heterocycles. The number of hydrogen-bond donors (Lipinski definition) is 1. The lowest BCUT2D eigenvalue weighted by molar-refractivity contribution is -0.157. The zero-order chi connectivity index (χ0) is 14.3. The van der Waals surface area contributed by atoms with Gasteiger partial charge in [-0.2, -0.15) is 0 Å². The molecule has 0 atom stereocenters. The highest BCUT2D eigenvalue weighted by atomic mass is 16.6. The first kappa shape index (κ1) is 15.2. The number of carbonyl (C=O) groups excluding carboxylic acids is 1. The molecule has 19 heavy (non-hydrogen) atoms. The van der Waals surface area contributed by atoms with Crippen LogP contribution in [0.5, 0.6) is 5.75 Å². The lowest BCUT2D eigenvalue weighted by Crippen LogP contribution is -2.27. The van der Waals surface area contributed by atoms with Gasteiger partial charge in [0.15, 0.2) is 6.61 Å². The first-order chi connectivity index (χ1) is 8.90. The zero-order valence-electron chi connectivity index (χ0n) is 11.6. The van der Waals surface area contributed by atoms with Gasteiger partial charge in [-0.25, -0.2) is 4.79 Å². The Balaban J connectivity index is 2.46. The van der Waals surface area contributed by atoms with E-state index in [0.29, 0.717) is 5.75 Å². The Bertz CT molecular complexity index is 426. The van der Waals surface area contributed by atoms with Gasteiger partial charge in [0.25, 0.3) is 0 Å². The van der Waals surface area contributed by atoms with Crippen LogP contribution in [0.15, 0.2) is 30.3 Å². The molecular weight excluding hydrogens is 244 g/mol. The van der Waals surface area contributed by atoms with Crippen molar-refractivity contribution in [2.45, 2.75) is 26.4 Å². The van der Waals surface area contributed by atoms with Crippen molar-refractivity contribution < 1.29 is 19.4 Å². The Hall–Kier alpha value is -1.81. The van der Waals surface area contributed by atoms with Crippen molar-refractivity contribution in [3.05, 3.63) is 35.9 Å². The second-order valence-corrected chi connectivity index (χ2v) is 5.03. The van der Waals surface area contributed by atoms with Crippen molar-refractivity contribution in [2.75, 3.05) is 13.2 Å². The van der Waals surface area contributed by atoms with Gasteiger partial charge in [0.1, 0.15) is 11.4 Å². The van der Waals surface area contributed by atoms with Crippen LogP contribution in [0, 0.1) is 0 Å². The highest BCUT2D eigenvalue weighted by molar-refractivity contribution is 5.71. The van der Waals surface area contributed by atoms with Gasteiger partial charge in [0.05, 0.1) is 6.61 Å². The normalized spacial score (nSPS) is 11.6. The van der Waals surface area contributed by atoms with Gasteiger partial charge < -0.3 is 14.6 Å². The van der Waals surface area contributed by atoms with Gasteiger partial charge >= 0.3 is 5.97 Å². The number of carbonyl (C=O) groups is 1. The van der Waals surface area contributed by atoms with Crippen molar-refractivity contribution >= 4 is 12.0 Å². The molecule has 4 nitrogen and oxygen atoms in total. The highest BCUT2D eigenvalue weighted by Crippen LogP contribution is 2.14. The summed E-state index contributed by atoms with van der Waals surface area (Å²) in [6.45, 7) is 5.34. The molecule has 0 heterocycles. The van der Waals surface area contributed by atoms with Crippen LogP contribution in [0.2, 0.25) is 0 Å². The molecule has 0 bridgehead atoms. The molecule has 1 rings (SSSR count). The maximum Gasteiger partial charge on any atom is 0.344 e. The smallest absolute Gasteiger partial charge is 0.344 e. The molecule has 0 aliphatic heterocycles. The lowest BCUT2D eigenvalue weighted by Gasteiger charge is -2.19. The average Bonchev–Trinajstić information content (AvgIpc) is 2.33. The third-order valence-electron chi connectivity index (χ3n) is 2.07. The van der Waals surface area contributed by atoms with Crippen molar-refractivity contribution in [1.29, 1.82) is 0 Å². The second kappa shape index (κ2) is 6.95. The van der Waals surface area contributed by atoms with E-state index in [9.17, 15) is 4.79 Å². The molecule has 104 valence electrons. The molecule has 1 aromatic carbocycles. The lowest BCUT2D eigenvalue weighted by atomic mass is 10.2. The predicted molar refractivity (Wildman–Crippen MR) is 73.9 cm³/mol. The van der Waals surface area contributed by atoms with Gasteiger partial charge in [-0.1, -0.05) is 24.3 Å². The molecule has 0 aromatic heterocycles. The number of benzene rings is 1. The Morgan fingerprint density at radius 1 is 1.26 bits per heavy atom. The molecule has 0 radical (unpaired) electrons. The van der Waals surface area contributed by atoms with Gasteiger partial charge in [0, 0.05) is 0 Å². The first-order valence-electron chi connectivity index (χ1n) is 6.13. The topological polar surface area (TPSA) is 55.8 Å². The third-order valence-corrected chi connectivity index (χ3v) is 2.07. The summed E-state index contributed by atoms with van der Waals surface area (Å²) in [5, 5.41) is 8.66. The largest absolute Gasteiger partial charge is 0.482 e. The van der Waals surface area contributed by atoms with Crippen molar-refractivity contribution in [1.82, 2.24) is 0 Å². The minimum Gasteiger partial charge on any atom is -0.482 e. The summed E-state index contributed by atoms with van der Waals surface area (Å²) in [4.78, 5) is 11.5. The fourth-order valence-corrected chi connectivity index (χ4v) is 1.38. The molecule has 0 aliphatic rings. The Morgan fingerprint density at radius 2 is 1.89 bits per heavy atom. The fraction of sp³-hybridized carbons (Fsp3) is 0.400. The van der Waals surface area contributed by atoms with Crippen LogP contribution in [-0.4, -0.2) is 29.9 Å². The molecule has 0 unspecified atom stereocenters. The van der Waals surface area contributed by atoms with E-state index in [0.717, 1.165) is 5.56 Å². The number of esters is 1. The maximum atomic E-state index is 11.5. The van der Waals surface area contributed by atoms with E-state index < -0.39 is 11.6 Å². The second-order valence-electron chi connectivity index (χ2n) is 5.03. The minimum absolute atomic E-state index is 0.0108. The van der Waals surface area contributed by atoms with E-state index in [1.54, 1.807) is 24.3 Å². The molecule has 1 aromatic rings. The number of rotatable bonds is 5. The standard InChI is InChI=1S/C15H20O4/c1-15(2,3)19-14(17)11-18-13-8-6-12(7-9-13)5-4-10-16/h4-9,16H,10-11H2,1-3H3/b5-4+. The van der Waals surface area contributed by atoms with Gasteiger partial charge in [-0.05, 0) is 38.5 Å². The van der Waals surface area contributed by atoms with E-state index >= 15 is 0 Å². The van der Waals surface area contributed by atoms with Crippen molar-refractivity contribution in [3.8, 4) is 5.75 Å². The van der Waals surface area contributed by atoms with Crippen LogP contribution in [0.1, 0.15) is 26.3 Å². The van der Waals surface area contributed by atoms with Gasteiger partial charge in [-0.15, -0.1) is 0 Å². The summed E-state index contributed by atoms with van der Waals surface area (Å²) in [6.07, 6.45) is 3.45. The van der Waals surface area contributed by atoms with E-state index in [1.807, 2.05) is 32.9 Å². The summed E-state index contributed by atoms with van der Waals surface area (Å²) in [6, 6.07) is 7.22. The van der Waals surface area contributed by atoms with Crippen LogP contribution < -0.4 is 4.74 Å². The molecule has 0 aliphatic carbocycles. The van der Waals surface area contributed by atoms with Crippen LogP contribution in [0.4, 0.5) is 0 Å². The number of ether oxygens (including phenoxy) is 2. The highest BCUT2D eigenvalue weighted by Gasteiger charge is 2.16. The number of hydrogen-bond acceptors (Lipinski definition) is 4. The van der Waals surface area contributed by atoms with Crippen LogP contribution in [0.3, 0.4) is 0 Å². The van der Waals surface area contributed by atoms with E-state index in [-0.39, 0.29) is 13.2 Å². The molecular formula is C15H20O4. The summed E-state index contributed by atoms with van der Waals surface area (Å²) in [5.74, 6) is 0.212. The van der Waals surface area contributed by atoms with Crippen molar-refractivity contribution in [2.24, 2.45) is 0 Å². The molecule has 1 N–H and O–H groups in total. The molecule has 0 saturated carbocycles. The maximum absolute atomic E-state index is 11.5. The fourth-order valence-electron chi connectivity index (χ4n) is 1.38. The Labute approximate surface area is 113 Å². The third kappa shape index (κ3) is 6.62. The van der Waals surface area contributed by atoms with Gasteiger partial charge in [-0.3, -0.25) is 0 Å². The summed E-state index contributed by atoms with van der Waals surface area (Å²) < 4.78 is 10.5. The SMILES string of the molecule is CC(C)(C)OC(=O)COc1ccc(/C=C/CO)cc1. The Morgan fingerprint density at radius 3 is 2.42 bits per heavy atom. The quantitative estimate of drug-likeness (QED) is 0.830. The molecule has 0 fully saturated rings. The summed E-state index contributed by atoms with van der Waals surface area (Å²) in [7, 11) is 0. The monoisotopic (exact) mass is 264 g/mol. The molecule has 0 spiro atoms. The number of aliphatic hydroxyl groups excluding tert-OH is 1. The molecule has 4 heteroatoms. The molecule has 0 amide bonds.